The molecule has 164 valence electrons. The van der Waals surface area contributed by atoms with Crippen molar-refractivity contribution in [3.63, 3.8) is 0 Å². The highest BCUT2D eigenvalue weighted by Gasteiger charge is 2.34. The summed E-state index contributed by atoms with van der Waals surface area (Å²) < 4.78 is 36.5. The Morgan fingerprint density at radius 3 is 2.23 bits per heavy atom. The van der Waals surface area contributed by atoms with Gasteiger partial charge in [-0.2, -0.15) is 8.42 Å². The van der Waals surface area contributed by atoms with Crippen molar-refractivity contribution in [3.8, 4) is 0 Å². The molecule has 0 radical (unpaired) electrons. The summed E-state index contributed by atoms with van der Waals surface area (Å²) in [7, 11) is -4.08. The Balaban J connectivity index is 2.08. The zero-order chi connectivity index (χ0) is 22.1. The van der Waals surface area contributed by atoms with Gasteiger partial charge in [0.2, 0.25) is 0 Å². The zero-order valence-corrected chi connectivity index (χ0v) is 18.5. The van der Waals surface area contributed by atoms with Crippen LogP contribution >= 0.6 is 0 Å². The molecule has 0 unspecified atom stereocenters. The summed E-state index contributed by atoms with van der Waals surface area (Å²) >= 11 is 0. The van der Waals surface area contributed by atoms with Crippen LogP contribution in [0.1, 0.15) is 37.8 Å². The smallest absolute Gasteiger partial charge is 0.309 e. The van der Waals surface area contributed by atoms with E-state index in [1.165, 1.54) is 12.1 Å². The van der Waals surface area contributed by atoms with Gasteiger partial charge < -0.3 is 9.84 Å². The summed E-state index contributed by atoms with van der Waals surface area (Å²) in [4.78, 5) is 11.9. The molecule has 30 heavy (non-hydrogen) atoms. The minimum Gasteiger partial charge on any atom is -0.481 e. The van der Waals surface area contributed by atoms with E-state index in [9.17, 15) is 18.3 Å². The van der Waals surface area contributed by atoms with E-state index in [0.29, 0.717) is 13.0 Å². The van der Waals surface area contributed by atoms with Crippen LogP contribution in [0.15, 0.2) is 59.5 Å². The van der Waals surface area contributed by atoms with Gasteiger partial charge in [0.25, 0.3) is 10.1 Å². The molecule has 2 rings (SSSR count). The Hall–Kier alpha value is -2.22. The third-order valence-corrected chi connectivity index (χ3v) is 6.06. The second kappa shape index (κ2) is 11.2. The maximum atomic E-state index is 12.7. The Bertz CT molecular complexity index is 891. The lowest BCUT2D eigenvalue weighted by atomic mass is 9.92. The minimum atomic E-state index is -4.08. The third kappa shape index (κ3) is 7.55. The van der Waals surface area contributed by atoms with E-state index in [4.69, 9.17) is 8.92 Å². The Morgan fingerprint density at radius 2 is 1.67 bits per heavy atom. The molecule has 0 amide bonds. The number of ether oxygens (including phenoxy) is 1. The van der Waals surface area contributed by atoms with Gasteiger partial charge in [-0.05, 0) is 43.4 Å². The van der Waals surface area contributed by atoms with Crippen LogP contribution in [0, 0.1) is 18.8 Å². The molecule has 1 N–H and O–H groups in total. The molecular weight excluding hydrogens is 404 g/mol. The van der Waals surface area contributed by atoms with E-state index < -0.39 is 28.1 Å². The van der Waals surface area contributed by atoms with Crippen molar-refractivity contribution in [3.05, 3.63) is 65.7 Å². The number of aliphatic carboxylic acids is 1. The molecule has 0 aromatic heterocycles. The number of aryl methyl sites for hydroxylation is 1. The van der Waals surface area contributed by atoms with Crippen LogP contribution in [0.2, 0.25) is 0 Å². The second-order valence-corrected chi connectivity index (χ2v) is 9.38. The van der Waals surface area contributed by atoms with E-state index in [2.05, 4.69) is 0 Å². The zero-order valence-electron chi connectivity index (χ0n) is 17.7. The second-order valence-electron chi connectivity index (χ2n) is 7.80. The first kappa shape index (κ1) is 24.1. The van der Waals surface area contributed by atoms with Crippen LogP contribution < -0.4 is 0 Å². The molecule has 0 bridgehead atoms. The highest BCUT2D eigenvalue weighted by Crippen LogP contribution is 2.26. The lowest BCUT2D eigenvalue weighted by Crippen LogP contribution is -2.34. The lowest BCUT2D eigenvalue weighted by Gasteiger charge is -2.25. The maximum absolute atomic E-state index is 12.7. The number of carboxylic acid groups (broad SMARTS) is 1. The van der Waals surface area contributed by atoms with Gasteiger partial charge in [-0.3, -0.25) is 8.98 Å². The van der Waals surface area contributed by atoms with Crippen molar-refractivity contribution in [1.82, 2.24) is 0 Å². The molecule has 7 heteroatoms. The summed E-state index contributed by atoms with van der Waals surface area (Å²) in [5.74, 6) is -2.03. The van der Waals surface area contributed by atoms with Gasteiger partial charge in [-0.25, -0.2) is 0 Å². The predicted octanol–water partition coefficient (Wildman–Crippen LogP) is 4.42. The molecule has 2 atom stereocenters. The van der Waals surface area contributed by atoms with Gasteiger partial charge in [0, 0.05) is 6.61 Å². The van der Waals surface area contributed by atoms with Gasteiger partial charge in [0.15, 0.2) is 0 Å². The summed E-state index contributed by atoms with van der Waals surface area (Å²) in [6.07, 6.45) is -0.516. The average molecular weight is 435 g/mol. The summed E-state index contributed by atoms with van der Waals surface area (Å²) in [6, 6.07) is 15.9. The quantitative estimate of drug-likeness (QED) is 0.393. The fourth-order valence-electron chi connectivity index (χ4n) is 3.10. The summed E-state index contributed by atoms with van der Waals surface area (Å²) in [5.41, 5.74) is 1.91. The Morgan fingerprint density at radius 1 is 1.03 bits per heavy atom. The molecule has 0 aliphatic rings. The molecule has 0 heterocycles. The van der Waals surface area contributed by atoms with Crippen LogP contribution in [0.25, 0.3) is 0 Å². The number of rotatable bonds is 12. The standard InChI is InChI=1S/C23H30O6S/c1-17(2)15-22(29-30(26,27)20-11-9-18(3)10-12-20)21(23(24)25)13-14-28-16-19-7-5-4-6-8-19/h4-12,17,21-22H,13-16H2,1-3H3,(H,24,25)/t21-,22+/m1/s1. The van der Waals surface area contributed by atoms with Crippen molar-refractivity contribution in [2.45, 2.75) is 51.2 Å². The average Bonchev–Trinajstić information content (AvgIpc) is 2.67. The third-order valence-electron chi connectivity index (χ3n) is 4.71. The lowest BCUT2D eigenvalue weighted by molar-refractivity contribution is -0.146. The summed E-state index contributed by atoms with van der Waals surface area (Å²) in [6.45, 7) is 6.22. The highest BCUT2D eigenvalue weighted by atomic mass is 32.2. The van der Waals surface area contributed by atoms with Crippen molar-refractivity contribution in [1.29, 1.82) is 0 Å². The largest absolute Gasteiger partial charge is 0.481 e. The van der Waals surface area contributed by atoms with E-state index >= 15 is 0 Å². The molecule has 0 aliphatic heterocycles. The first-order chi connectivity index (χ1) is 14.2. The predicted molar refractivity (Wildman–Crippen MR) is 115 cm³/mol. The molecule has 0 aliphatic carbocycles. The van der Waals surface area contributed by atoms with E-state index in [0.717, 1.165) is 11.1 Å². The van der Waals surface area contributed by atoms with Gasteiger partial charge >= 0.3 is 5.97 Å². The van der Waals surface area contributed by atoms with Crippen LogP contribution in [0.4, 0.5) is 0 Å². The first-order valence-electron chi connectivity index (χ1n) is 10.0. The van der Waals surface area contributed by atoms with Crippen molar-refractivity contribution in [2.75, 3.05) is 6.61 Å². The molecule has 2 aromatic carbocycles. The number of carboxylic acids is 1. The van der Waals surface area contributed by atoms with Gasteiger partial charge in [-0.1, -0.05) is 61.9 Å². The number of hydrogen-bond donors (Lipinski definition) is 1. The van der Waals surface area contributed by atoms with Crippen LogP contribution in [0.5, 0.6) is 0 Å². The van der Waals surface area contributed by atoms with E-state index in [-0.39, 0.29) is 23.8 Å². The SMILES string of the molecule is Cc1ccc(S(=O)(=O)O[C@@H](CC(C)C)[C@@H](CCOCc2ccccc2)C(=O)O)cc1. The monoisotopic (exact) mass is 434 g/mol. The maximum Gasteiger partial charge on any atom is 0.309 e. The van der Waals surface area contributed by atoms with E-state index in [1.807, 2.05) is 51.1 Å². The van der Waals surface area contributed by atoms with Crippen molar-refractivity contribution in [2.24, 2.45) is 11.8 Å². The van der Waals surface area contributed by atoms with E-state index in [1.54, 1.807) is 12.1 Å². The Labute approximate surface area is 179 Å². The fourth-order valence-corrected chi connectivity index (χ4v) is 4.22. The number of benzene rings is 2. The molecule has 0 spiro atoms. The highest BCUT2D eigenvalue weighted by molar-refractivity contribution is 7.86. The summed E-state index contributed by atoms with van der Waals surface area (Å²) in [5, 5.41) is 9.75. The van der Waals surface area contributed by atoms with Gasteiger partial charge in [0.1, 0.15) is 0 Å². The van der Waals surface area contributed by atoms with Crippen molar-refractivity contribution < 1.29 is 27.2 Å². The minimum absolute atomic E-state index is 0.0197. The molecule has 0 saturated carbocycles. The van der Waals surface area contributed by atoms with Crippen LogP contribution in [-0.4, -0.2) is 32.2 Å². The normalized spacial score (nSPS) is 13.9. The van der Waals surface area contributed by atoms with Crippen molar-refractivity contribution >= 4 is 16.1 Å². The van der Waals surface area contributed by atoms with Crippen LogP contribution in [-0.2, 0) is 30.4 Å². The topological polar surface area (TPSA) is 89.9 Å². The Kier molecular flexibility index (Phi) is 9.02. The number of carbonyl (C=O) groups is 1. The molecule has 6 nitrogen and oxygen atoms in total. The molecular formula is C23H30O6S. The molecule has 0 saturated heterocycles. The molecule has 2 aromatic rings. The van der Waals surface area contributed by atoms with Gasteiger partial charge in [-0.15, -0.1) is 0 Å². The van der Waals surface area contributed by atoms with Gasteiger partial charge in [0.05, 0.1) is 23.5 Å². The first-order valence-corrected chi connectivity index (χ1v) is 11.4. The molecule has 0 fully saturated rings. The number of hydrogen-bond acceptors (Lipinski definition) is 5. The fraction of sp³-hybridized carbons (Fsp3) is 0.435. The van der Waals surface area contributed by atoms with Crippen LogP contribution in [0.3, 0.4) is 0 Å².